The Morgan fingerprint density at radius 2 is 1.45 bits per heavy atom. The fourth-order valence-corrected chi connectivity index (χ4v) is 3.07. The maximum absolute atomic E-state index is 4.11. The van der Waals surface area contributed by atoms with Gasteiger partial charge in [0.1, 0.15) is 11.4 Å². The Morgan fingerprint density at radius 3 is 2.45 bits per heavy atom. The molecule has 0 atom stereocenters. The second-order valence-corrected chi connectivity index (χ2v) is 4.98. The second-order valence-electron chi connectivity index (χ2n) is 4.98. The quantitative estimate of drug-likeness (QED) is 0.413. The van der Waals surface area contributed by atoms with Gasteiger partial charge in [-0.2, -0.15) is 0 Å². The van der Waals surface area contributed by atoms with Crippen LogP contribution in [0.4, 0.5) is 0 Å². The first-order valence-corrected chi connectivity index (χ1v) is 6.44. The van der Waals surface area contributed by atoms with E-state index in [4.69, 9.17) is 0 Å². The Hall–Kier alpha value is -2.88. The minimum Gasteiger partial charge on any atom is -0.127 e. The van der Waals surface area contributed by atoms with Gasteiger partial charge in [0.15, 0.2) is 0 Å². The van der Waals surface area contributed by atoms with Gasteiger partial charge >= 0.3 is 0 Å². The summed E-state index contributed by atoms with van der Waals surface area (Å²) in [6.45, 7) is 0. The highest BCUT2D eigenvalue weighted by Crippen LogP contribution is 2.28. The first kappa shape index (κ1) is 9.97. The van der Waals surface area contributed by atoms with Crippen molar-refractivity contribution >= 4 is 12.2 Å². The number of rotatable bonds is 0. The van der Waals surface area contributed by atoms with Gasteiger partial charge in [0.05, 0.1) is 0 Å². The van der Waals surface area contributed by atoms with E-state index in [0.717, 1.165) is 17.0 Å². The van der Waals surface area contributed by atoms with Crippen molar-refractivity contribution in [2.45, 2.75) is 0 Å². The van der Waals surface area contributed by atoms with E-state index < -0.39 is 0 Å². The van der Waals surface area contributed by atoms with Crippen molar-refractivity contribution in [3.63, 3.8) is 0 Å². The van der Waals surface area contributed by atoms with Gasteiger partial charge in [-0.3, -0.25) is 0 Å². The smallest absolute Gasteiger partial charge is 0.123 e. The van der Waals surface area contributed by atoms with Crippen LogP contribution in [0.3, 0.4) is 0 Å². The predicted octanol–water partition coefficient (Wildman–Crippen LogP) is 0.885. The highest BCUT2D eigenvalue weighted by molar-refractivity contribution is 5.87. The molecule has 1 aromatic heterocycles. The fourth-order valence-electron chi connectivity index (χ4n) is 3.07. The zero-order valence-corrected chi connectivity index (χ0v) is 10.4. The van der Waals surface area contributed by atoms with Crippen LogP contribution in [0, 0.1) is 0 Å². The normalized spacial score (nSPS) is 12.8. The van der Waals surface area contributed by atoms with E-state index in [1.807, 2.05) is 6.08 Å². The average Bonchev–Trinajstić information content (AvgIpc) is 3.05. The molecule has 20 heavy (non-hydrogen) atoms. The van der Waals surface area contributed by atoms with Crippen molar-refractivity contribution in [3.8, 4) is 22.4 Å². The summed E-state index contributed by atoms with van der Waals surface area (Å²) >= 11 is 0. The lowest BCUT2D eigenvalue weighted by atomic mass is 10.0. The Kier molecular flexibility index (Phi) is 1.68. The standard InChI is InChI=1S/C16H8N4/c1-2-4-10-9(3-1)7-13-11(10)5-6-12-14(13)8-15-16(12)18-20-19-17-15/h1-8H. The second kappa shape index (κ2) is 3.36. The summed E-state index contributed by atoms with van der Waals surface area (Å²) in [6.07, 6.45) is 4.28. The molecule has 0 fully saturated rings. The lowest BCUT2D eigenvalue weighted by Crippen LogP contribution is -2.25. The summed E-state index contributed by atoms with van der Waals surface area (Å²) in [5.74, 6) is 0. The maximum Gasteiger partial charge on any atom is 0.123 e. The van der Waals surface area contributed by atoms with Crippen molar-refractivity contribution in [1.29, 1.82) is 0 Å². The van der Waals surface area contributed by atoms with Crippen LogP contribution in [0.15, 0.2) is 36.4 Å². The molecule has 0 spiro atoms. The predicted molar refractivity (Wildman–Crippen MR) is 74.9 cm³/mol. The van der Waals surface area contributed by atoms with Gasteiger partial charge in [-0.15, -0.1) is 10.2 Å². The third kappa shape index (κ3) is 1.11. The summed E-state index contributed by atoms with van der Waals surface area (Å²) in [5.41, 5.74) is 6.52. The first-order chi connectivity index (χ1) is 9.92. The molecule has 1 heterocycles. The molecule has 0 amide bonds. The van der Waals surface area contributed by atoms with Gasteiger partial charge in [0.2, 0.25) is 0 Å². The molecule has 92 valence electrons. The molecular weight excluding hydrogens is 248 g/mol. The Balaban J connectivity index is 1.93. The van der Waals surface area contributed by atoms with E-state index in [0.29, 0.717) is 0 Å². The van der Waals surface area contributed by atoms with Crippen molar-refractivity contribution < 1.29 is 0 Å². The van der Waals surface area contributed by atoms with E-state index in [1.54, 1.807) is 0 Å². The maximum atomic E-state index is 4.11. The van der Waals surface area contributed by atoms with Crippen LogP contribution >= 0.6 is 0 Å². The van der Waals surface area contributed by atoms with Gasteiger partial charge < -0.3 is 0 Å². The molecule has 2 aromatic carbocycles. The van der Waals surface area contributed by atoms with Crippen LogP contribution < -0.4 is 10.4 Å². The summed E-state index contributed by atoms with van der Waals surface area (Å²) in [7, 11) is 0. The molecule has 5 rings (SSSR count). The highest BCUT2D eigenvalue weighted by atomic mass is 15.4. The number of aromatic nitrogens is 4. The Bertz CT molecular complexity index is 923. The molecule has 0 saturated carbocycles. The highest BCUT2D eigenvalue weighted by Gasteiger charge is 2.20. The molecule has 0 saturated heterocycles. The Morgan fingerprint density at radius 1 is 0.650 bits per heavy atom. The van der Waals surface area contributed by atoms with Gasteiger partial charge in [-0.25, -0.2) is 0 Å². The summed E-state index contributed by atoms with van der Waals surface area (Å²) in [4.78, 5) is 0. The summed E-state index contributed by atoms with van der Waals surface area (Å²) in [5, 5.41) is 17.8. The Labute approximate surface area is 114 Å². The van der Waals surface area contributed by atoms with Crippen LogP contribution in [0.1, 0.15) is 11.3 Å². The molecule has 0 bridgehead atoms. The topological polar surface area (TPSA) is 51.6 Å². The monoisotopic (exact) mass is 256 g/mol. The van der Waals surface area contributed by atoms with Crippen LogP contribution in [0.2, 0.25) is 0 Å². The summed E-state index contributed by atoms with van der Waals surface area (Å²) < 4.78 is 0. The van der Waals surface area contributed by atoms with Gasteiger partial charge in [-0.05, 0) is 49.7 Å². The van der Waals surface area contributed by atoms with Crippen molar-refractivity contribution in [2.75, 3.05) is 0 Å². The van der Waals surface area contributed by atoms with Crippen LogP contribution in [-0.4, -0.2) is 20.6 Å². The van der Waals surface area contributed by atoms with E-state index in [2.05, 4.69) is 63.1 Å². The van der Waals surface area contributed by atoms with Gasteiger partial charge in [0, 0.05) is 5.56 Å². The van der Waals surface area contributed by atoms with Crippen LogP contribution in [0.25, 0.3) is 34.5 Å². The molecule has 3 aromatic rings. The SMILES string of the molecule is C1=c2c(ccc3c2=Cc2nnnnc2-3)-c2ccccc21. The fraction of sp³-hybridized carbons (Fsp3) is 0. The van der Waals surface area contributed by atoms with E-state index in [9.17, 15) is 0 Å². The largest absolute Gasteiger partial charge is 0.127 e. The molecular formula is C16H8N4. The molecule has 0 radical (unpaired) electrons. The third-order valence-corrected chi connectivity index (χ3v) is 3.95. The number of hydrogen-bond donors (Lipinski definition) is 0. The lowest BCUT2D eigenvalue weighted by molar-refractivity contribution is 0.763. The number of benzene rings is 2. The molecule has 0 unspecified atom stereocenters. The summed E-state index contributed by atoms with van der Waals surface area (Å²) in [6, 6.07) is 12.7. The zero-order chi connectivity index (χ0) is 13.1. The van der Waals surface area contributed by atoms with E-state index >= 15 is 0 Å². The first-order valence-electron chi connectivity index (χ1n) is 6.44. The van der Waals surface area contributed by atoms with Crippen molar-refractivity contribution in [1.82, 2.24) is 20.6 Å². The van der Waals surface area contributed by atoms with Crippen molar-refractivity contribution in [2.24, 2.45) is 0 Å². The molecule has 0 N–H and O–H groups in total. The number of fused-ring (bicyclic) bond motifs is 7. The van der Waals surface area contributed by atoms with Crippen molar-refractivity contribution in [3.05, 3.63) is 58.1 Å². The number of nitrogens with zero attached hydrogens (tertiary/aromatic N) is 4. The average molecular weight is 256 g/mol. The molecule has 4 heteroatoms. The zero-order valence-electron chi connectivity index (χ0n) is 10.4. The van der Waals surface area contributed by atoms with Crippen LogP contribution in [0.5, 0.6) is 0 Å². The van der Waals surface area contributed by atoms with Gasteiger partial charge in [-0.1, -0.05) is 36.4 Å². The molecule has 2 aliphatic carbocycles. The van der Waals surface area contributed by atoms with Gasteiger partial charge in [0.25, 0.3) is 0 Å². The third-order valence-electron chi connectivity index (χ3n) is 3.95. The number of hydrogen-bond acceptors (Lipinski definition) is 4. The van der Waals surface area contributed by atoms with E-state index in [1.165, 1.54) is 27.1 Å². The lowest BCUT2D eigenvalue weighted by Gasteiger charge is -2.01. The minimum absolute atomic E-state index is 0.799. The molecule has 4 nitrogen and oxygen atoms in total. The molecule has 0 aliphatic heterocycles. The molecule has 2 aliphatic rings. The van der Waals surface area contributed by atoms with Crippen LogP contribution in [-0.2, 0) is 0 Å². The van der Waals surface area contributed by atoms with E-state index in [-0.39, 0.29) is 0 Å². The minimum atomic E-state index is 0.799.